The second-order valence-electron chi connectivity index (χ2n) is 6.46. The molecule has 0 N–H and O–H groups in total. The predicted octanol–water partition coefficient (Wildman–Crippen LogP) is 5.60. The van der Waals surface area contributed by atoms with Crippen LogP contribution in [-0.4, -0.2) is 18.2 Å². The smallest absolute Gasteiger partial charge is 0.145 e. The molecule has 0 atom stereocenters. The van der Waals surface area contributed by atoms with Crippen molar-refractivity contribution in [1.29, 1.82) is 0 Å². The number of unbranched alkanes of at least 4 members (excludes halogenated alkanes) is 1. The minimum absolute atomic E-state index is 0.551. The van der Waals surface area contributed by atoms with Gasteiger partial charge >= 0.3 is 0 Å². The van der Waals surface area contributed by atoms with Gasteiger partial charge in [0.2, 0.25) is 0 Å². The molecule has 130 valence electrons. The molecule has 1 heterocycles. The molecular formula is C22H25NO2. The SMILES string of the molecule is CC(C)c1ccc(OCCCCOc2cccc3cccnc23)cc1. The summed E-state index contributed by atoms with van der Waals surface area (Å²) in [5, 5.41) is 1.10. The molecule has 0 bridgehead atoms. The molecule has 25 heavy (non-hydrogen) atoms. The quantitative estimate of drug-likeness (QED) is 0.502. The maximum absolute atomic E-state index is 5.90. The van der Waals surface area contributed by atoms with Gasteiger partial charge in [-0.3, -0.25) is 4.98 Å². The van der Waals surface area contributed by atoms with E-state index in [1.54, 1.807) is 6.20 Å². The van der Waals surface area contributed by atoms with E-state index in [4.69, 9.17) is 9.47 Å². The van der Waals surface area contributed by atoms with Crippen LogP contribution in [0.4, 0.5) is 0 Å². The molecule has 0 unspecified atom stereocenters. The van der Waals surface area contributed by atoms with E-state index in [1.807, 2.05) is 42.5 Å². The summed E-state index contributed by atoms with van der Waals surface area (Å²) in [7, 11) is 0. The molecule has 3 rings (SSSR count). The molecule has 0 radical (unpaired) electrons. The average Bonchev–Trinajstić information content (AvgIpc) is 2.65. The number of nitrogens with zero attached hydrogens (tertiary/aromatic N) is 1. The lowest BCUT2D eigenvalue weighted by atomic mass is 10.0. The lowest BCUT2D eigenvalue weighted by molar-refractivity contribution is 0.268. The third-order valence-electron chi connectivity index (χ3n) is 4.21. The molecule has 0 aliphatic heterocycles. The van der Waals surface area contributed by atoms with E-state index in [1.165, 1.54) is 5.56 Å². The molecule has 0 saturated carbocycles. The van der Waals surface area contributed by atoms with Gasteiger partial charge in [-0.2, -0.15) is 0 Å². The van der Waals surface area contributed by atoms with Gasteiger partial charge in [0.25, 0.3) is 0 Å². The summed E-state index contributed by atoms with van der Waals surface area (Å²) in [6.07, 6.45) is 3.71. The molecule has 0 aliphatic rings. The van der Waals surface area contributed by atoms with Gasteiger partial charge in [0.15, 0.2) is 0 Å². The summed E-state index contributed by atoms with van der Waals surface area (Å²) in [6.45, 7) is 5.77. The van der Waals surface area contributed by atoms with Crippen LogP contribution < -0.4 is 9.47 Å². The third kappa shape index (κ3) is 4.72. The number of benzene rings is 2. The Hall–Kier alpha value is -2.55. The van der Waals surface area contributed by atoms with Crippen molar-refractivity contribution in [3.8, 4) is 11.5 Å². The fourth-order valence-electron chi connectivity index (χ4n) is 2.72. The Morgan fingerprint density at radius 3 is 2.32 bits per heavy atom. The van der Waals surface area contributed by atoms with Crippen molar-refractivity contribution in [1.82, 2.24) is 4.98 Å². The largest absolute Gasteiger partial charge is 0.494 e. The standard InChI is InChI=1S/C22H25NO2/c1-17(2)18-10-12-20(13-11-18)24-15-3-4-16-25-21-9-5-7-19-8-6-14-23-22(19)21/h5-14,17H,3-4,15-16H2,1-2H3. The summed E-state index contributed by atoms with van der Waals surface area (Å²) < 4.78 is 11.7. The Labute approximate surface area is 149 Å². The lowest BCUT2D eigenvalue weighted by Crippen LogP contribution is -2.03. The van der Waals surface area contributed by atoms with Gasteiger partial charge in [-0.15, -0.1) is 0 Å². The Morgan fingerprint density at radius 1 is 0.840 bits per heavy atom. The zero-order valence-corrected chi connectivity index (χ0v) is 14.9. The van der Waals surface area contributed by atoms with E-state index >= 15 is 0 Å². The van der Waals surface area contributed by atoms with Crippen LogP contribution in [-0.2, 0) is 0 Å². The van der Waals surface area contributed by atoms with E-state index in [0.717, 1.165) is 35.2 Å². The topological polar surface area (TPSA) is 31.4 Å². The van der Waals surface area contributed by atoms with Crippen LogP contribution in [0.15, 0.2) is 60.8 Å². The van der Waals surface area contributed by atoms with E-state index in [0.29, 0.717) is 19.1 Å². The second kappa shape index (κ2) is 8.52. The summed E-state index contributed by atoms with van der Waals surface area (Å²) in [5.41, 5.74) is 2.26. The number of rotatable bonds is 8. The van der Waals surface area contributed by atoms with Gasteiger partial charge < -0.3 is 9.47 Å². The maximum Gasteiger partial charge on any atom is 0.145 e. The Bertz CT molecular complexity index is 791. The predicted molar refractivity (Wildman–Crippen MR) is 102 cm³/mol. The molecule has 0 spiro atoms. The van der Waals surface area contributed by atoms with Gasteiger partial charge in [0.1, 0.15) is 17.0 Å². The van der Waals surface area contributed by atoms with Gasteiger partial charge in [-0.1, -0.05) is 44.2 Å². The number of para-hydroxylation sites is 1. The first kappa shape index (κ1) is 17.3. The zero-order valence-electron chi connectivity index (χ0n) is 14.9. The Kier molecular flexibility index (Phi) is 5.89. The van der Waals surface area contributed by atoms with Crippen molar-refractivity contribution in [2.75, 3.05) is 13.2 Å². The Balaban J connectivity index is 1.40. The summed E-state index contributed by atoms with van der Waals surface area (Å²) in [4.78, 5) is 4.41. The van der Waals surface area contributed by atoms with Crippen LogP contribution in [0.2, 0.25) is 0 Å². The summed E-state index contributed by atoms with van der Waals surface area (Å²) in [5.74, 6) is 2.33. The summed E-state index contributed by atoms with van der Waals surface area (Å²) >= 11 is 0. The highest BCUT2D eigenvalue weighted by Gasteiger charge is 2.03. The van der Waals surface area contributed by atoms with Gasteiger partial charge in [-0.25, -0.2) is 0 Å². The van der Waals surface area contributed by atoms with Crippen LogP contribution >= 0.6 is 0 Å². The maximum atomic E-state index is 5.90. The first-order valence-corrected chi connectivity index (χ1v) is 8.93. The van der Waals surface area contributed by atoms with Gasteiger partial charge in [0, 0.05) is 11.6 Å². The fourth-order valence-corrected chi connectivity index (χ4v) is 2.72. The van der Waals surface area contributed by atoms with Crippen LogP contribution in [0, 0.1) is 0 Å². The molecule has 0 saturated heterocycles. The first-order chi connectivity index (χ1) is 12.2. The highest BCUT2D eigenvalue weighted by molar-refractivity contribution is 5.84. The zero-order chi connectivity index (χ0) is 17.5. The number of hydrogen-bond acceptors (Lipinski definition) is 3. The average molecular weight is 335 g/mol. The molecule has 1 aromatic heterocycles. The normalized spacial score (nSPS) is 11.0. The summed E-state index contributed by atoms with van der Waals surface area (Å²) in [6, 6.07) is 18.4. The van der Waals surface area contributed by atoms with Crippen LogP contribution in [0.1, 0.15) is 38.2 Å². The molecule has 3 heteroatoms. The molecule has 2 aromatic carbocycles. The highest BCUT2D eigenvalue weighted by Crippen LogP contribution is 2.23. The van der Waals surface area contributed by atoms with Gasteiger partial charge in [-0.05, 0) is 48.6 Å². The van der Waals surface area contributed by atoms with Crippen molar-refractivity contribution in [3.05, 3.63) is 66.4 Å². The van der Waals surface area contributed by atoms with Crippen LogP contribution in [0.25, 0.3) is 10.9 Å². The molecular weight excluding hydrogens is 310 g/mol. The second-order valence-corrected chi connectivity index (χ2v) is 6.46. The lowest BCUT2D eigenvalue weighted by Gasteiger charge is -2.10. The van der Waals surface area contributed by atoms with Crippen LogP contribution in [0.3, 0.4) is 0 Å². The monoisotopic (exact) mass is 335 g/mol. The highest BCUT2D eigenvalue weighted by atomic mass is 16.5. The minimum Gasteiger partial charge on any atom is -0.494 e. The minimum atomic E-state index is 0.551. The molecule has 0 fully saturated rings. The van der Waals surface area contributed by atoms with Crippen molar-refractivity contribution in [3.63, 3.8) is 0 Å². The number of hydrogen-bond donors (Lipinski definition) is 0. The van der Waals surface area contributed by atoms with Crippen molar-refractivity contribution in [2.24, 2.45) is 0 Å². The van der Waals surface area contributed by atoms with E-state index in [2.05, 4.69) is 31.0 Å². The molecule has 3 aromatic rings. The molecule has 0 amide bonds. The number of aromatic nitrogens is 1. The van der Waals surface area contributed by atoms with E-state index in [9.17, 15) is 0 Å². The molecule has 3 nitrogen and oxygen atoms in total. The number of ether oxygens (including phenoxy) is 2. The number of pyridine rings is 1. The van der Waals surface area contributed by atoms with Crippen LogP contribution in [0.5, 0.6) is 11.5 Å². The van der Waals surface area contributed by atoms with E-state index < -0.39 is 0 Å². The Morgan fingerprint density at radius 2 is 1.56 bits per heavy atom. The van der Waals surface area contributed by atoms with Crippen molar-refractivity contribution >= 4 is 10.9 Å². The molecule has 0 aliphatic carbocycles. The van der Waals surface area contributed by atoms with E-state index in [-0.39, 0.29) is 0 Å². The fraction of sp³-hybridized carbons (Fsp3) is 0.318. The van der Waals surface area contributed by atoms with Gasteiger partial charge in [0.05, 0.1) is 13.2 Å². The first-order valence-electron chi connectivity index (χ1n) is 8.93. The number of fused-ring (bicyclic) bond motifs is 1. The van der Waals surface area contributed by atoms with Crippen molar-refractivity contribution < 1.29 is 9.47 Å². The third-order valence-corrected chi connectivity index (χ3v) is 4.21. The van der Waals surface area contributed by atoms with Crippen molar-refractivity contribution in [2.45, 2.75) is 32.6 Å².